The van der Waals surface area contributed by atoms with E-state index >= 15 is 0 Å². The van der Waals surface area contributed by atoms with E-state index in [2.05, 4.69) is 23.8 Å². The van der Waals surface area contributed by atoms with Gasteiger partial charge in [0.15, 0.2) is 0 Å². The van der Waals surface area contributed by atoms with Gasteiger partial charge in [-0.25, -0.2) is 4.79 Å². The second-order valence-electron chi connectivity index (χ2n) is 3.70. The minimum absolute atomic E-state index is 0.320. The van der Waals surface area contributed by atoms with Gasteiger partial charge in [-0.2, -0.15) is 0 Å². The highest BCUT2D eigenvalue weighted by Crippen LogP contribution is 2.09. The number of anilines is 1. The van der Waals surface area contributed by atoms with Crippen molar-refractivity contribution in [2.24, 2.45) is 0 Å². The molecule has 1 aromatic carbocycles. The number of urea groups is 1. The van der Waals surface area contributed by atoms with Crippen molar-refractivity contribution in [2.75, 3.05) is 5.32 Å². The number of carbonyl (C=O) groups excluding carboxylic acids is 1. The van der Waals surface area contributed by atoms with E-state index in [1.165, 1.54) is 12.2 Å². The number of rotatable bonds is 4. The van der Waals surface area contributed by atoms with E-state index in [0.29, 0.717) is 16.4 Å². The van der Waals surface area contributed by atoms with E-state index in [9.17, 15) is 4.79 Å². The van der Waals surface area contributed by atoms with E-state index < -0.39 is 0 Å². The maximum Gasteiger partial charge on any atom is 0.323 e. The number of hydrogen-bond acceptors (Lipinski definition) is 1. The van der Waals surface area contributed by atoms with E-state index in [1.54, 1.807) is 0 Å². The van der Waals surface area contributed by atoms with Crippen LogP contribution in [-0.2, 0) is 0 Å². The zero-order valence-corrected chi connectivity index (χ0v) is 10.9. The maximum absolute atomic E-state index is 11.7. The van der Waals surface area contributed by atoms with Crippen molar-refractivity contribution in [3.63, 3.8) is 0 Å². The lowest BCUT2D eigenvalue weighted by Gasteiger charge is -2.08. The molecule has 0 aliphatic heterocycles. The molecule has 0 aliphatic carbocycles. The van der Waals surface area contributed by atoms with Crippen molar-refractivity contribution >= 4 is 23.3 Å². The van der Waals surface area contributed by atoms with Crippen LogP contribution in [0.15, 0.2) is 60.3 Å². The zero-order chi connectivity index (χ0) is 13.5. The molecule has 0 radical (unpaired) electrons. The average Bonchev–Trinajstić information content (AvgIpc) is 2.30. The molecule has 0 saturated carbocycles. The standard InChI is InChI=1S/C14H15ClN2O/c1-4-12(9-11(3)15)16-14(18)17-13-7-5-10(2)6-8-13/h4-9H,1,3H2,2H3,(H2,16,17,18). The lowest BCUT2D eigenvalue weighted by molar-refractivity contribution is 0.254. The summed E-state index contributed by atoms with van der Waals surface area (Å²) >= 11 is 5.62. The third kappa shape index (κ3) is 4.89. The Morgan fingerprint density at radius 3 is 2.44 bits per heavy atom. The minimum Gasteiger partial charge on any atom is -0.308 e. The van der Waals surface area contributed by atoms with Gasteiger partial charge in [0, 0.05) is 16.4 Å². The second kappa shape index (κ2) is 6.67. The van der Waals surface area contributed by atoms with E-state index in [4.69, 9.17) is 11.6 Å². The fourth-order valence-electron chi connectivity index (χ4n) is 1.25. The fraction of sp³-hybridized carbons (Fsp3) is 0.0714. The van der Waals surface area contributed by atoms with Gasteiger partial charge in [-0.1, -0.05) is 42.5 Å². The summed E-state index contributed by atoms with van der Waals surface area (Å²) in [6, 6.07) is 7.13. The van der Waals surface area contributed by atoms with Crippen LogP contribution in [0.1, 0.15) is 5.56 Å². The van der Waals surface area contributed by atoms with Crippen molar-refractivity contribution in [2.45, 2.75) is 6.92 Å². The Hall–Kier alpha value is -2.00. The van der Waals surface area contributed by atoms with Crippen LogP contribution >= 0.6 is 11.6 Å². The van der Waals surface area contributed by atoms with Crippen LogP contribution in [0.3, 0.4) is 0 Å². The molecule has 4 heteroatoms. The summed E-state index contributed by atoms with van der Waals surface area (Å²) in [6.07, 6.45) is 3.01. The summed E-state index contributed by atoms with van der Waals surface area (Å²) in [5.41, 5.74) is 2.33. The highest BCUT2D eigenvalue weighted by atomic mass is 35.5. The molecular formula is C14H15ClN2O. The number of allylic oxidation sites excluding steroid dienone is 3. The summed E-state index contributed by atoms with van der Waals surface area (Å²) in [7, 11) is 0. The fourth-order valence-corrected chi connectivity index (χ4v) is 1.36. The SMILES string of the molecule is C=CC(=CC(=C)Cl)NC(=O)Nc1ccc(C)cc1. The van der Waals surface area contributed by atoms with Gasteiger partial charge in [-0.05, 0) is 31.2 Å². The summed E-state index contributed by atoms with van der Waals surface area (Å²) in [5.74, 6) is 0. The number of nitrogens with one attached hydrogen (secondary N) is 2. The number of aryl methyl sites for hydroxylation is 1. The predicted octanol–water partition coefficient (Wildman–Crippen LogP) is 3.94. The van der Waals surface area contributed by atoms with Gasteiger partial charge < -0.3 is 10.6 Å². The summed E-state index contributed by atoms with van der Waals surface area (Å²) < 4.78 is 0. The third-order valence-corrected chi connectivity index (χ3v) is 2.21. The van der Waals surface area contributed by atoms with Crippen molar-refractivity contribution in [1.82, 2.24) is 5.32 Å². The largest absolute Gasteiger partial charge is 0.323 e. The normalized spacial score (nSPS) is 10.7. The number of halogens is 1. The van der Waals surface area contributed by atoms with Crippen LogP contribution in [0.25, 0.3) is 0 Å². The number of amides is 2. The molecule has 0 aliphatic rings. The van der Waals surface area contributed by atoms with E-state index in [0.717, 1.165) is 5.56 Å². The minimum atomic E-state index is -0.358. The van der Waals surface area contributed by atoms with Crippen LogP contribution in [0, 0.1) is 6.92 Å². The maximum atomic E-state index is 11.7. The van der Waals surface area contributed by atoms with Gasteiger partial charge in [0.05, 0.1) is 0 Å². The molecular weight excluding hydrogens is 248 g/mol. The summed E-state index contributed by atoms with van der Waals surface area (Å²) in [6.45, 7) is 9.07. The van der Waals surface area contributed by atoms with Crippen LogP contribution < -0.4 is 10.6 Å². The first-order valence-corrected chi connectivity index (χ1v) is 5.72. The van der Waals surface area contributed by atoms with Crippen LogP contribution in [0.5, 0.6) is 0 Å². The highest BCUT2D eigenvalue weighted by Gasteiger charge is 2.02. The van der Waals surface area contributed by atoms with Crippen LogP contribution in [-0.4, -0.2) is 6.03 Å². The van der Waals surface area contributed by atoms with E-state index in [1.807, 2.05) is 31.2 Å². The molecule has 0 aromatic heterocycles. The van der Waals surface area contributed by atoms with Crippen LogP contribution in [0.2, 0.25) is 0 Å². The first kappa shape index (κ1) is 14.1. The third-order valence-electron chi connectivity index (χ3n) is 2.10. The lowest BCUT2D eigenvalue weighted by atomic mass is 10.2. The van der Waals surface area contributed by atoms with Gasteiger partial charge in [0.1, 0.15) is 0 Å². The van der Waals surface area contributed by atoms with Gasteiger partial charge in [-0.3, -0.25) is 0 Å². The molecule has 0 saturated heterocycles. The van der Waals surface area contributed by atoms with Gasteiger partial charge >= 0.3 is 6.03 Å². The Labute approximate surface area is 112 Å². The van der Waals surface area contributed by atoms with Gasteiger partial charge in [0.25, 0.3) is 0 Å². The Kier molecular flexibility index (Phi) is 5.21. The smallest absolute Gasteiger partial charge is 0.308 e. The Bertz CT molecular complexity index is 489. The number of benzene rings is 1. The summed E-state index contributed by atoms with van der Waals surface area (Å²) in [5, 5.41) is 5.62. The zero-order valence-electron chi connectivity index (χ0n) is 10.2. The molecule has 2 amide bonds. The molecule has 0 fully saturated rings. The molecule has 18 heavy (non-hydrogen) atoms. The van der Waals surface area contributed by atoms with Gasteiger partial charge in [0.2, 0.25) is 0 Å². The highest BCUT2D eigenvalue weighted by molar-refractivity contribution is 6.30. The topological polar surface area (TPSA) is 41.1 Å². The lowest BCUT2D eigenvalue weighted by Crippen LogP contribution is -2.27. The molecule has 2 N–H and O–H groups in total. The molecule has 1 rings (SSSR count). The monoisotopic (exact) mass is 262 g/mol. The number of hydrogen-bond donors (Lipinski definition) is 2. The van der Waals surface area contributed by atoms with Crippen molar-refractivity contribution in [1.29, 1.82) is 0 Å². The molecule has 0 atom stereocenters. The summed E-state index contributed by atoms with van der Waals surface area (Å²) in [4.78, 5) is 11.7. The van der Waals surface area contributed by atoms with Crippen LogP contribution in [0.4, 0.5) is 10.5 Å². The van der Waals surface area contributed by atoms with Crippen molar-refractivity contribution in [3.8, 4) is 0 Å². The first-order chi connectivity index (χ1) is 8.51. The van der Waals surface area contributed by atoms with Crippen molar-refractivity contribution in [3.05, 3.63) is 65.9 Å². The predicted molar refractivity (Wildman–Crippen MR) is 76.6 cm³/mol. The Morgan fingerprint density at radius 1 is 1.33 bits per heavy atom. The number of carbonyl (C=O) groups is 1. The quantitative estimate of drug-likeness (QED) is 0.793. The molecule has 3 nitrogen and oxygen atoms in total. The van der Waals surface area contributed by atoms with E-state index in [-0.39, 0.29) is 6.03 Å². The second-order valence-corrected chi connectivity index (χ2v) is 4.18. The van der Waals surface area contributed by atoms with Crippen molar-refractivity contribution < 1.29 is 4.79 Å². The molecule has 1 aromatic rings. The molecule has 0 bridgehead atoms. The molecule has 0 spiro atoms. The Balaban J connectivity index is 2.63. The molecule has 0 unspecified atom stereocenters. The average molecular weight is 263 g/mol. The molecule has 94 valence electrons. The molecule has 0 heterocycles. The Morgan fingerprint density at radius 2 is 1.94 bits per heavy atom. The van der Waals surface area contributed by atoms with Gasteiger partial charge in [-0.15, -0.1) is 0 Å². The first-order valence-electron chi connectivity index (χ1n) is 5.34.